The highest BCUT2D eigenvalue weighted by molar-refractivity contribution is 4.77. The van der Waals surface area contributed by atoms with Gasteiger partial charge in [0, 0.05) is 12.5 Å². The summed E-state index contributed by atoms with van der Waals surface area (Å²) in [7, 11) is 0. The van der Waals surface area contributed by atoms with Crippen molar-refractivity contribution in [2.24, 2.45) is 11.8 Å². The Kier molecular flexibility index (Phi) is 6.26. The minimum atomic E-state index is -0.137. The highest BCUT2D eigenvalue weighted by Gasteiger charge is 2.27. The standard InChI is InChI=1S/C13H26O2/c1-3-5-7-11(4-2)13(14)12-8-6-9-15-10-12/h11-14H,3-10H2,1-2H3. The van der Waals surface area contributed by atoms with Crippen molar-refractivity contribution in [2.45, 2.75) is 58.5 Å². The number of aliphatic hydroxyl groups is 1. The molecule has 1 fully saturated rings. The van der Waals surface area contributed by atoms with Crippen molar-refractivity contribution >= 4 is 0 Å². The lowest BCUT2D eigenvalue weighted by Gasteiger charge is -2.31. The molecule has 0 aromatic carbocycles. The fraction of sp³-hybridized carbons (Fsp3) is 1.00. The Morgan fingerprint density at radius 1 is 1.40 bits per heavy atom. The quantitative estimate of drug-likeness (QED) is 0.736. The molecule has 0 amide bonds. The topological polar surface area (TPSA) is 29.5 Å². The minimum absolute atomic E-state index is 0.137. The van der Waals surface area contributed by atoms with E-state index in [1.165, 1.54) is 19.3 Å². The van der Waals surface area contributed by atoms with Gasteiger partial charge in [0.15, 0.2) is 0 Å². The van der Waals surface area contributed by atoms with Crippen LogP contribution >= 0.6 is 0 Å². The molecule has 15 heavy (non-hydrogen) atoms. The summed E-state index contributed by atoms with van der Waals surface area (Å²) in [4.78, 5) is 0. The molecule has 90 valence electrons. The maximum atomic E-state index is 10.3. The zero-order chi connectivity index (χ0) is 11.1. The highest BCUT2D eigenvalue weighted by Crippen LogP contribution is 2.27. The molecule has 3 atom stereocenters. The number of rotatable bonds is 6. The third kappa shape index (κ3) is 4.12. The Morgan fingerprint density at radius 3 is 2.73 bits per heavy atom. The molecule has 0 aromatic heterocycles. The molecule has 0 spiro atoms. The van der Waals surface area contributed by atoms with E-state index in [2.05, 4.69) is 13.8 Å². The van der Waals surface area contributed by atoms with Crippen LogP contribution in [0.25, 0.3) is 0 Å². The van der Waals surface area contributed by atoms with Gasteiger partial charge in [-0.15, -0.1) is 0 Å². The van der Waals surface area contributed by atoms with Crippen LogP contribution in [0.1, 0.15) is 52.4 Å². The highest BCUT2D eigenvalue weighted by atomic mass is 16.5. The smallest absolute Gasteiger partial charge is 0.0618 e. The van der Waals surface area contributed by atoms with E-state index in [1.807, 2.05) is 0 Å². The van der Waals surface area contributed by atoms with E-state index in [9.17, 15) is 5.11 Å². The average molecular weight is 214 g/mol. The fourth-order valence-electron chi connectivity index (χ4n) is 2.50. The lowest BCUT2D eigenvalue weighted by Crippen LogP contribution is -2.34. The molecule has 1 aliphatic heterocycles. The molecular formula is C13H26O2. The van der Waals surface area contributed by atoms with Crippen molar-refractivity contribution in [1.29, 1.82) is 0 Å². The van der Waals surface area contributed by atoms with Gasteiger partial charge in [-0.1, -0.05) is 33.1 Å². The van der Waals surface area contributed by atoms with Gasteiger partial charge in [0.2, 0.25) is 0 Å². The van der Waals surface area contributed by atoms with E-state index in [1.54, 1.807) is 0 Å². The number of unbranched alkanes of at least 4 members (excludes halogenated alkanes) is 1. The van der Waals surface area contributed by atoms with Crippen LogP contribution in [0.2, 0.25) is 0 Å². The molecule has 3 unspecified atom stereocenters. The third-order valence-corrected chi connectivity index (χ3v) is 3.61. The molecule has 0 radical (unpaired) electrons. The van der Waals surface area contributed by atoms with Gasteiger partial charge in [0.1, 0.15) is 0 Å². The molecule has 0 aromatic rings. The van der Waals surface area contributed by atoms with Crippen LogP contribution in [0.3, 0.4) is 0 Å². The van der Waals surface area contributed by atoms with Gasteiger partial charge in [-0.3, -0.25) is 0 Å². The summed E-state index contributed by atoms with van der Waals surface area (Å²) in [5.74, 6) is 0.872. The third-order valence-electron chi connectivity index (χ3n) is 3.61. The summed E-state index contributed by atoms with van der Waals surface area (Å²) < 4.78 is 5.44. The lowest BCUT2D eigenvalue weighted by molar-refractivity contribution is -0.0356. The first-order valence-corrected chi connectivity index (χ1v) is 6.55. The molecule has 1 heterocycles. The first kappa shape index (κ1) is 13.0. The van der Waals surface area contributed by atoms with Crippen LogP contribution in [0.4, 0.5) is 0 Å². The zero-order valence-corrected chi connectivity index (χ0v) is 10.2. The van der Waals surface area contributed by atoms with Crippen LogP contribution in [0, 0.1) is 11.8 Å². The first-order valence-electron chi connectivity index (χ1n) is 6.55. The van der Waals surface area contributed by atoms with Crippen LogP contribution in [-0.2, 0) is 4.74 Å². The molecular weight excluding hydrogens is 188 g/mol. The van der Waals surface area contributed by atoms with Crippen LogP contribution in [0.15, 0.2) is 0 Å². The van der Waals surface area contributed by atoms with E-state index < -0.39 is 0 Å². The summed E-state index contributed by atoms with van der Waals surface area (Å²) in [6.07, 6.45) is 6.85. The van der Waals surface area contributed by atoms with Gasteiger partial charge in [-0.2, -0.15) is 0 Å². The van der Waals surface area contributed by atoms with Crippen LogP contribution in [0.5, 0.6) is 0 Å². The van der Waals surface area contributed by atoms with Gasteiger partial charge < -0.3 is 9.84 Å². The molecule has 1 saturated heterocycles. The van der Waals surface area contributed by atoms with Crippen LogP contribution < -0.4 is 0 Å². The summed E-state index contributed by atoms with van der Waals surface area (Å²) in [6, 6.07) is 0. The van der Waals surface area contributed by atoms with Gasteiger partial charge in [-0.25, -0.2) is 0 Å². The van der Waals surface area contributed by atoms with Gasteiger partial charge in [0.25, 0.3) is 0 Å². The largest absolute Gasteiger partial charge is 0.392 e. The number of ether oxygens (including phenoxy) is 1. The Labute approximate surface area is 94.0 Å². The fourth-order valence-corrected chi connectivity index (χ4v) is 2.50. The summed E-state index contributed by atoms with van der Waals surface area (Å²) in [5.41, 5.74) is 0. The molecule has 0 saturated carbocycles. The van der Waals surface area contributed by atoms with E-state index in [4.69, 9.17) is 4.74 Å². The summed E-state index contributed by atoms with van der Waals surface area (Å²) in [6.45, 7) is 6.05. The second kappa shape index (κ2) is 7.24. The summed E-state index contributed by atoms with van der Waals surface area (Å²) >= 11 is 0. The van der Waals surface area contributed by atoms with E-state index in [0.717, 1.165) is 32.5 Å². The molecule has 0 aliphatic carbocycles. The molecule has 1 aliphatic rings. The van der Waals surface area contributed by atoms with Gasteiger partial charge in [-0.05, 0) is 25.2 Å². The van der Waals surface area contributed by atoms with Crippen LogP contribution in [-0.4, -0.2) is 24.4 Å². The predicted molar refractivity (Wildman–Crippen MR) is 62.9 cm³/mol. The Balaban J connectivity index is 2.36. The monoisotopic (exact) mass is 214 g/mol. The number of aliphatic hydroxyl groups excluding tert-OH is 1. The molecule has 2 heteroatoms. The van der Waals surface area contributed by atoms with Crippen molar-refractivity contribution < 1.29 is 9.84 Å². The number of hydrogen-bond acceptors (Lipinski definition) is 2. The van der Waals surface area contributed by atoms with E-state index in [-0.39, 0.29) is 6.10 Å². The second-order valence-corrected chi connectivity index (χ2v) is 4.78. The zero-order valence-electron chi connectivity index (χ0n) is 10.2. The van der Waals surface area contributed by atoms with Crippen molar-refractivity contribution in [3.63, 3.8) is 0 Å². The summed E-state index contributed by atoms with van der Waals surface area (Å²) in [5, 5.41) is 10.3. The van der Waals surface area contributed by atoms with Crippen molar-refractivity contribution in [3.8, 4) is 0 Å². The first-order chi connectivity index (χ1) is 7.29. The Hall–Kier alpha value is -0.0800. The molecule has 1 N–H and O–H groups in total. The van der Waals surface area contributed by atoms with Crippen molar-refractivity contribution in [3.05, 3.63) is 0 Å². The Bertz CT molecular complexity index is 153. The second-order valence-electron chi connectivity index (χ2n) is 4.78. The van der Waals surface area contributed by atoms with E-state index in [0.29, 0.717) is 11.8 Å². The lowest BCUT2D eigenvalue weighted by atomic mass is 9.83. The predicted octanol–water partition coefficient (Wildman–Crippen LogP) is 2.99. The average Bonchev–Trinajstić information content (AvgIpc) is 2.31. The van der Waals surface area contributed by atoms with Crippen molar-refractivity contribution in [2.75, 3.05) is 13.2 Å². The minimum Gasteiger partial charge on any atom is -0.392 e. The maximum Gasteiger partial charge on any atom is 0.0618 e. The normalized spacial score (nSPS) is 26.2. The molecule has 0 bridgehead atoms. The Morgan fingerprint density at radius 2 is 2.20 bits per heavy atom. The SMILES string of the molecule is CCCCC(CC)C(O)C1CCCOC1. The number of hydrogen-bond donors (Lipinski definition) is 1. The van der Waals surface area contributed by atoms with Crippen molar-refractivity contribution in [1.82, 2.24) is 0 Å². The van der Waals surface area contributed by atoms with E-state index >= 15 is 0 Å². The molecule has 2 nitrogen and oxygen atoms in total. The van der Waals surface area contributed by atoms with Gasteiger partial charge >= 0.3 is 0 Å². The maximum absolute atomic E-state index is 10.3. The van der Waals surface area contributed by atoms with Gasteiger partial charge in [0.05, 0.1) is 12.7 Å². The molecule has 1 rings (SSSR count).